The van der Waals surface area contributed by atoms with Crippen molar-refractivity contribution in [1.29, 1.82) is 0 Å². The van der Waals surface area contributed by atoms with Gasteiger partial charge in [-0.05, 0) is 12.1 Å². The van der Waals surface area contributed by atoms with Crippen LogP contribution in [0.5, 0.6) is 0 Å². The van der Waals surface area contributed by atoms with E-state index in [1.165, 1.54) is 0 Å². The van der Waals surface area contributed by atoms with Crippen molar-refractivity contribution in [2.45, 2.75) is 0 Å². The highest BCUT2D eigenvalue weighted by molar-refractivity contribution is 5.33. The van der Waals surface area contributed by atoms with Gasteiger partial charge in [-0.2, -0.15) is 0 Å². The van der Waals surface area contributed by atoms with E-state index in [0.29, 0.717) is 0 Å². The molecule has 0 bridgehead atoms. The van der Waals surface area contributed by atoms with Gasteiger partial charge < -0.3 is 5.73 Å². The van der Waals surface area contributed by atoms with Crippen LogP contribution in [-0.4, -0.2) is 4.98 Å². The van der Waals surface area contributed by atoms with E-state index < -0.39 is 0 Å². The van der Waals surface area contributed by atoms with E-state index in [2.05, 4.69) is 4.98 Å². The Kier molecular flexibility index (Phi) is 0.416. The lowest BCUT2D eigenvalue weighted by Gasteiger charge is -1.83. The van der Waals surface area contributed by atoms with E-state index in [-0.39, 0.29) is 23.9 Å². The summed E-state index contributed by atoms with van der Waals surface area (Å²) < 4.78 is 21.2. The van der Waals surface area contributed by atoms with Crippen molar-refractivity contribution in [1.82, 2.24) is 4.98 Å². The molecule has 0 atom stereocenters. The Morgan fingerprint density at radius 1 is 1.71 bits per heavy atom. The molecular weight excluding hydrogens is 88.1 g/mol. The van der Waals surface area contributed by atoms with E-state index in [4.69, 9.17) is 9.85 Å². The van der Waals surface area contributed by atoms with Crippen LogP contribution in [0.25, 0.3) is 0 Å². The molecule has 2 nitrogen and oxygen atoms in total. The van der Waals surface area contributed by atoms with Gasteiger partial charge in [0.2, 0.25) is 0 Å². The molecule has 7 heavy (non-hydrogen) atoms. The first-order valence-corrected chi connectivity index (χ1v) is 1.81. The number of hydrogen-bond donors (Lipinski definition) is 1. The molecule has 0 radical (unpaired) electrons. The number of pyridine rings is 1. The number of hydrogen-bond acceptors (Lipinski definition) is 2. The third-order valence-electron chi connectivity index (χ3n) is 0.540. The number of rotatable bonds is 0. The zero-order valence-electron chi connectivity index (χ0n) is 6.60. The van der Waals surface area contributed by atoms with E-state index in [1.54, 1.807) is 0 Å². The average molecular weight is 97.1 g/mol. The Morgan fingerprint density at radius 2 is 2.57 bits per heavy atom. The van der Waals surface area contributed by atoms with Crippen LogP contribution < -0.4 is 5.73 Å². The van der Waals surface area contributed by atoms with Gasteiger partial charge in [0.15, 0.2) is 0 Å². The summed E-state index contributed by atoms with van der Waals surface area (Å²) >= 11 is 0. The number of nitrogens with zero attached hydrogens (tertiary/aromatic N) is 1. The molecule has 0 amide bonds. The zero-order chi connectivity index (χ0) is 7.72. The number of nitrogen functional groups attached to an aromatic ring is 1. The van der Waals surface area contributed by atoms with Crippen molar-refractivity contribution in [3.63, 3.8) is 0 Å². The number of anilines is 1. The minimum absolute atomic E-state index is 0.000926. The molecule has 1 rings (SSSR count). The van der Waals surface area contributed by atoms with Crippen molar-refractivity contribution in [2.24, 2.45) is 0 Å². The summed E-state index contributed by atoms with van der Waals surface area (Å²) in [5.74, 6) is 0. The van der Waals surface area contributed by atoms with Crippen molar-refractivity contribution < 1.29 is 4.11 Å². The molecular formula is C5H6N2. The van der Waals surface area contributed by atoms with Gasteiger partial charge in [0.05, 0.1) is 4.11 Å². The Morgan fingerprint density at radius 3 is 3.29 bits per heavy atom. The molecule has 0 aliphatic carbocycles. The molecule has 0 saturated heterocycles. The van der Waals surface area contributed by atoms with Crippen LogP contribution in [0.1, 0.15) is 4.11 Å². The van der Waals surface area contributed by atoms with Crippen molar-refractivity contribution in [3.05, 3.63) is 24.5 Å². The maximum Gasteiger partial charge on any atom is 0.0841 e. The van der Waals surface area contributed by atoms with Gasteiger partial charge in [-0.1, -0.05) is 0 Å². The largest absolute Gasteiger partial charge is 0.399 e. The molecule has 36 valence electrons. The number of aromatic nitrogens is 1. The molecule has 0 spiro atoms. The smallest absolute Gasteiger partial charge is 0.0841 e. The van der Waals surface area contributed by atoms with Crippen molar-refractivity contribution in [2.75, 3.05) is 5.73 Å². The second kappa shape index (κ2) is 1.60. The Bertz CT molecular complexity index is 234. The molecule has 0 aliphatic heterocycles. The van der Waals surface area contributed by atoms with E-state index in [1.807, 2.05) is 0 Å². The van der Waals surface area contributed by atoms with Gasteiger partial charge in [-0.25, -0.2) is 0 Å². The molecule has 0 fully saturated rings. The fourth-order valence-corrected chi connectivity index (χ4v) is 0.263. The predicted molar refractivity (Wildman–Crippen MR) is 28.6 cm³/mol. The van der Waals surface area contributed by atoms with Gasteiger partial charge in [0.1, 0.15) is 0 Å². The van der Waals surface area contributed by atoms with Gasteiger partial charge >= 0.3 is 0 Å². The molecule has 2 N–H and O–H groups in total. The second-order valence-corrected chi connectivity index (χ2v) is 1.05. The first-order valence-electron chi connectivity index (χ1n) is 3.31. The average Bonchev–Trinajstić information content (AvgIpc) is 1.93. The minimum Gasteiger partial charge on any atom is -0.399 e. The van der Waals surface area contributed by atoms with E-state index in [9.17, 15) is 0 Å². The molecule has 1 heterocycles. The SMILES string of the molecule is [2H]c1cnc([2H])c([2H])c1N. The van der Waals surface area contributed by atoms with E-state index >= 15 is 0 Å². The fourth-order valence-electron chi connectivity index (χ4n) is 0.263. The van der Waals surface area contributed by atoms with Gasteiger partial charge in [-0.15, -0.1) is 0 Å². The first-order chi connectivity index (χ1) is 4.63. The lowest BCUT2D eigenvalue weighted by atomic mass is 10.4. The topological polar surface area (TPSA) is 38.9 Å². The summed E-state index contributed by atoms with van der Waals surface area (Å²) in [5.41, 5.74) is 5.26. The molecule has 0 saturated carbocycles. The van der Waals surface area contributed by atoms with Crippen LogP contribution in [0.2, 0.25) is 0 Å². The van der Waals surface area contributed by atoms with Crippen molar-refractivity contribution in [3.8, 4) is 0 Å². The summed E-state index contributed by atoms with van der Waals surface area (Å²) in [4.78, 5) is 3.45. The summed E-state index contributed by atoms with van der Waals surface area (Å²) in [6.45, 7) is 0. The monoisotopic (exact) mass is 97.1 g/mol. The van der Waals surface area contributed by atoms with Crippen LogP contribution in [0.4, 0.5) is 5.69 Å². The van der Waals surface area contributed by atoms with Gasteiger partial charge in [0.25, 0.3) is 0 Å². The quantitative estimate of drug-likeness (QED) is 0.516. The standard InChI is InChI=1S/C5H6N2/c6-5-1-3-7-4-2-5/h1-4H,(H2,6,7)/i1D,2D,3D. The zero-order valence-corrected chi connectivity index (χ0v) is 3.60. The molecule has 1 aromatic rings. The Labute approximate surface area is 46.2 Å². The molecule has 2 heteroatoms. The number of nitrogens with two attached hydrogens (primary N) is 1. The summed E-state index contributed by atoms with van der Waals surface area (Å²) in [5, 5.41) is 0. The maximum atomic E-state index is 7.09. The Balaban J connectivity index is 3.34. The second-order valence-electron chi connectivity index (χ2n) is 1.05. The molecule has 1 aromatic heterocycles. The highest BCUT2D eigenvalue weighted by atomic mass is 14.6. The Hall–Kier alpha value is -1.05. The van der Waals surface area contributed by atoms with Gasteiger partial charge in [-0.3, -0.25) is 4.98 Å². The highest BCUT2D eigenvalue weighted by Crippen LogP contribution is 1.92. The van der Waals surface area contributed by atoms with Crippen LogP contribution in [-0.2, 0) is 0 Å². The minimum atomic E-state index is -0.187. The van der Waals surface area contributed by atoms with Crippen LogP contribution in [0.3, 0.4) is 0 Å². The van der Waals surface area contributed by atoms with Gasteiger partial charge in [0, 0.05) is 18.1 Å². The highest BCUT2D eigenvalue weighted by Gasteiger charge is 1.73. The van der Waals surface area contributed by atoms with Crippen LogP contribution in [0.15, 0.2) is 24.5 Å². The molecule has 0 unspecified atom stereocenters. The van der Waals surface area contributed by atoms with Crippen molar-refractivity contribution >= 4 is 5.69 Å². The van der Waals surface area contributed by atoms with E-state index in [0.717, 1.165) is 6.20 Å². The fraction of sp³-hybridized carbons (Fsp3) is 0. The first kappa shape index (κ1) is 1.82. The third kappa shape index (κ3) is 0.892. The lowest BCUT2D eigenvalue weighted by Crippen LogP contribution is -1.81. The molecule has 0 aliphatic rings. The maximum absolute atomic E-state index is 7.09. The lowest BCUT2D eigenvalue weighted by molar-refractivity contribution is 1.33. The summed E-state index contributed by atoms with van der Waals surface area (Å²) in [6, 6.07) is -0.173. The van der Waals surface area contributed by atoms with Crippen LogP contribution in [0, 0.1) is 0 Å². The predicted octanol–water partition coefficient (Wildman–Crippen LogP) is 0.664. The summed E-state index contributed by atoms with van der Waals surface area (Å²) in [7, 11) is 0. The molecule has 0 aromatic carbocycles. The third-order valence-corrected chi connectivity index (χ3v) is 0.540. The van der Waals surface area contributed by atoms with Crippen LogP contribution >= 0.6 is 0 Å². The normalized spacial score (nSPS) is 14.6. The summed E-state index contributed by atoms with van der Waals surface area (Å²) in [6.07, 6.45) is 0.976.